The summed E-state index contributed by atoms with van der Waals surface area (Å²) in [6, 6.07) is 2.50. The molecule has 1 aromatic carbocycles. The van der Waals surface area contributed by atoms with Crippen molar-refractivity contribution in [2.24, 2.45) is 17.6 Å². The van der Waals surface area contributed by atoms with Crippen molar-refractivity contribution < 1.29 is 50.1 Å². The highest BCUT2D eigenvalue weighted by atomic mass is 16.4. The van der Waals surface area contributed by atoms with Gasteiger partial charge in [-0.3, -0.25) is 19.3 Å². The molecular formula is C24H30N2O10. The van der Waals surface area contributed by atoms with E-state index in [9.17, 15) is 45.0 Å². The van der Waals surface area contributed by atoms with Gasteiger partial charge in [0.25, 0.3) is 5.91 Å². The number of benzene rings is 1. The molecular weight excluding hydrogens is 476 g/mol. The number of fused-ring (bicyclic) bond motifs is 3. The summed E-state index contributed by atoms with van der Waals surface area (Å²) in [6.45, 7) is 3.18. The second-order valence-electron chi connectivity index (χ2n) is 9.38. The van der Waals surface area contributed by atoms with Gasteiger partial charge < -0.3 is 41.5 Å². The molecule has 6 atom stereocenters. The van der Waals surface area contributed by atoms with Crippen LogP contribution in [0.3, 0.4) is 0 Å². The molecule has 3 aliphatic carbocycles. The molecule has 0 aliphatic heterocycles. The van der Waals surface area contributed by atoms with E-state index in [2.05, 4.69) is 0 Å². The third-order valence-corrected chi connectivity index (χ3v) is 7.03. The summed E-state index contributed by atoms with van der Waals surface area (Å²) >= 11 is 0. The van der Waals surface area contributed by atoms with E-state index in [1.165, 1.54) is 44.1 Å². The van der Waals surface area contributed by atoms with E-state index in [4.69, 9.17) is 10.8 Å². The van der Waals surface area contributed by atoms with Crippen molar-refractivity contribution in [1.29, 1.82) is 0 Å². The van der Waals surface area contributed by atoms with E-state index in [0.717, 1.165) is 0 Å². The van der Waals surface area contributed by atoms with Gasteiger partial charge in [0.1, 0.15) is 22.8 Å². The van der Waals surface area contributed by atoms with E-state index < -0.39 is 81.1 Å². The van der Waals surface area contributed by atoms with Crippen molar-refractivity contribution >= 4 is 23.2 Å². The van der Waals surface area contributed by atoms with Gasteiger partial charge in [0, 0.05) is 6.61 Å². The number of phenolic OH excluding ortho intramolecular Hbond substituents is 1. The molecule has 12 nitrogen and oxygen atoms in total. The topological polar surface area (TPSA) is 222 Å². The van der Waals surface area contributed by atoms with Gasteiger partial charge in [0.05, 0.1) is 40.7 Å². The quantitative estimate of drug-likeness (QED) is 0.218. The van der Waals surface area contributed by atoms with Crippen molar-refractivity contribution in [3.8, 4) is 5.75 Å². The molecule has 196 valence electrons. The summed E-state index contributed by atoms with van der Waals surface area (Å²) in [6.07, 6.45) is -1.87. The van der Waals surface area contributed by atoms with Crippen LogP contribution in [-0.2, 0) is 20.0 Å². The van der Waals surface area contributed by atoms with Gasteiger partial charge in [0.15, 0.2) is 11.4 Å². The number of Topliss-reactive ketones (excluding diaryl/α,β-unsaturated/α-hetero) is 2. The normalized spacial score (nSPS) is 33.5. The smallest absolute Gasteiger partial charge is 0.255 e. The molecule has 1 fully saturated rings. The number of aliphatic hydroxyl groups excluding tert-OH is 4. The lowest BCUT2D eigenvalue weighted by Crippen LogP contribution is -2.71. The largest absolute Gasteiger partial charge is 0.508 e. The Balaban J connectivity index is 0.00000115. The number of primary amides is 1. The van der Waals surface area contributed by atoms with Gasteiger partial charge in [-0.05, 0) is 39.6 Å². The van der Waals surface area contributed by atoms with Gasteiger partial charge in [-0.2, -0.15) is 0 Å². The molecule has 9 N–H and O–H groups in total. The number of nitrogens with zero attached hydrogens (tertiary/aromatic N) is 1. The van der Waals surface area contributed by atoms with Gasteiger partial charge >= 0.3 is 0 Å². The first kappa shape index (κ1) is 27.3. The zero-order valence-electron chi connectivity index (χ0n) is 20.1. The Hall–Kier alpha value is -3.29. The summed E-state index contributed by atoms with van der Waals surface area (Å²) in [5.74, 6) is -9.67. The van der Waals surface area contributed by atoms with Crippen molar-refractivity contribution in [1.82, 2.24) is 4.90 Å². The number of carbonyl (C=O) groups excluding carboxylic acids is 3. The lowest BCUT2D eigenvalue weighted by molar-refractivity contribution is -0.181. The van der Waals surface area contributed by atoms with Crippen molar-refractivity contribution in [2.45, 2.75) is 37.2 Å². The van der Waals surface area contributed by atoms with Gasteiger partial charge in [-0.15, -0.1) is 0 Å². The number of carbonyl (C=O) groups is 3. The van der Waals surface area contributed by atoms with Crippen LogP contribution < -0.4 is 5.73 Å². The Morgan fingerprint density at radius 2 is 1.69 bits per heavy atom. The van der Waals surface area contributed by atoms with Crippen LogP contribution in [0.5, 0.6) is 5.75 Å². The zero-order chi connectivity index (χ0) is 27.5. The molecule has 0 radical (unpaired) electrons. The Bertz CT molecular complexity index is 1200. The van der Waals surface area contributed by atoms with Crippen LogP contribution in [0, 0.1) is 11.8 Å². The molecule has 1 aromatic rings. The number of likely N-dealkylation sites (N-methyl/N-ethyl adjacent to an activating group) is 1. The summed E-state index contributed by atoms with van der Waals surface area (Å²) in [5.41, 5.74) is -1.78. The molecule has 12 heteroatoms. The number of amides is 1. The average Bonchev–Trinajstić information content (AvgIpc) is 2.76. The maximum Gasteiger partial charge on any atom is 0.255 e. The first-order valence-corrected chi connectivity index (χ1v) is 11.1. The summed E-state index contributed by atoms with van der Waals surface area (Å²) in [4.78, 5) is 39.9. The Morgan fingerprint density at radius 1 is 1.14 bits per heavy atom. The molecule has 1 amide bonds. The maximum atomic E-state index is 13.7. The monoisotopic (exact) mass is 506 g/mol. The van der Waals surface area contributed by atoms with Gasteiger partial charge in [-0.1, -0.05) is 12.1 Å². The number of ketones is 2. The van der Waals surface area contributed by atoms with Crippen LogP contribution in [0.4, 0.5) is 0 Å². The number of hydrogen-bond acceptors (Lipinski definition) is 11. The van der Waals surface area contributed by atoms with Crippen molar-refractivity contribution in [3.05, 3.63) is 46.2 Å². The third kappa shape index (κ3) is 3.44. The molecule has 4 rings (SSSR count). The molecule has 0 unspecified atom stereocenters. The first-order chi connectivity index (χ1) is 16.6. The third-order valence-electron chi connectivity index (χ3n) is 7.03. The van der Waals surface area contributed by atoms with E-state index in [-0.39, 0.29) is 17.7 Å². The standard InChI is InChI=1S/C22H24N2O9.C2H6O/c1-21(32)7-5-4-6-8(25)9(7)15(26)10-12(21)17(28)13-14(24(2)3)16(27)11(20(23)31)19(30)22(13,33)18(10)29;1-2-3/h4-6,12-14,17,25-26,28,30,32-33H,1-3H3,(H2,23,31);3H,2H2,1H3/t12-,13-,14+,17+,21-,22+;/m1./s1. The van der Waals surface area contributed by atoms with Crippen LogP contribution in [0.25, 0.3) is 5.76 Å². The summed E-state index contributed by atoms with van der Waals surface area (Å²) < 4.78 is 0. The molecule has 0 heterocycles. The molecule has 1 saturated carbocycles. The summed E-state index contributed by atoms with van der Waals surface area (Å²) in [5, 5.41) is 73.9. The van der Waals surface area contributed by atoms with E-state index in [1.807, 2.05) is 0 Å². The number of aliphatic hydroxyl groups is 6. The minimum atomic E-state index is -3.02. The first-order valence-electron chi connectivity index (χ1n) is 11.1. The lowest BCUT2D eigenvalue weighted by atomic mass is 9.53. The number of phenols is 1. The highest BCUT2D eigenvalue weighted by molar-refractivity contribution is 6.24. The molecule has 0 saturated heterocycles. The maximum absolute atomic E-state index is 13.7. The molecule has 0 aromatic heterocycles. The highest BCUT2D eigenvalue weighted by Gasteiger charge is 2.70. The van der Waals surface area contributed by atoms with Crippen LogP contribution in [0.15, 0.2) is 35.1 Å². The van der Waals surface area contributed by atoms with Gasteiger partial charge in [-0.25, -0.2) is 0 Å². The van der Waals surface area contributed by atoms with Crippen molar-refractivity contribution in [2.75, 3.05) is 20.7 Å². The van der Waals surface area contributed by atoms with Crippen LogP contribution in [0.2, 0.25) is 0 Å². The molecule has 3 aliphatic rings. The fraction of sp³-hybridized carbons (Fsp3) is 0.458. The van der Waals surface area contributed by atoms with Crippen LogP contribution in [-0.4, -0.2) is 96.6 Å². The predicted molar refractivity (Wildman–Crippen MR) is 124 cm³/mol. The van der Waals surface area contributed by atoms with Crippen LogP contribution in [0.1, 0.15) is 25.0 Å². The second-order valence-corrected chi connectivity index (χ2v) is 9.38. The van der Waals surface area contributed by atoms with Crippen LogP contribution >= 0.6 is 0 Å². The lowest BCUT2D eigenvalue weighted by Gasteiger charge is -2.55. The minimum Gasteiger partial charge on any atom is -0.508 e. The minimum absolute atomic E-state index is 0.00664. The number of nitrogens with two attached hydrogens (primary N) is 1. The molecule has 0 bridgehead atoms. The number of aromatic hydroxyl groups is 1. The SMILES string of the molecule is CCO.CN(C)[C@@H]1C(=O)C(C(N)=O)=C(O)[C@@]2(O)C(=O)C3=C(O)c4c(O)cccc4[C@@](C)(O)[C@H]3[C@H](O)[C@@H]12. The van der Waals surface area contributed by atoms with E-state index >= 15 is 0 Å². The Kier molecular flexibility index (Phi) is 6.81. The van der Waals surface area contributed by atoms with Gasteiger partial charge in [0.2, 0.25) is 5.78 Å². The predicted octanol–water partition coefficient (Wildman–Crippen LogP) is -1.40. The van der Waals surface area contributed by atoms with E-state index in [1.54, 1.807) is 6.92 Å². The number of rotatable bonds is 2. The fourth-order valence-corrected chi connectivity index (χ4v) is 5.60. The Labute approximate surface area is 206 Å². The second kappa shape index (κ2) is 8.98. The fourth-order valence-electron chi connectivity index (χ4n) is 5.60. The number of hydrogen-bond donors (Lipinski definition) is 8. The Morgan fingerprint density at radius 3 is 2.19 bits per heavy atom. The highest BCUT2D eigenvalue weighted by Crippen LogP contribution is 2.57. The molecule has 0 spiro atoms. The zero-order valence-corrected chi connectivity index (χ0v) is 20.1. The average molecular weight is 507 g/mol. The van der Waals surface area contributed by atoms with E-state index in [0.29, 0.717) is 0 Å². The molecule has 36 heavy (non-hydrogen) atoms. The summed E-state index contributed by atoms with van der Waals surface area (Å²) in [7, 11) is 2.80. The van der Waals surface area contributed by atoms with Crippen molar-refractivity contribution in [3.63, 3.8) is 0 Å².